The van der Waals surface area contributed by atoms with Crippen molar-refractivity contribution in [3.63, 3.8) is 0 Å². The topological polar surface area (TPSA) is 59.8 Å². The van der Waals surface area contributed by atoms with Gasteiger partial charge < -0.3 is 5.32 Å². The average molecular weight is 544 g/mol. The van der Waals surface area contributed by atoms with Crippen LogP contribution in [0.25, 0.3) is 17.1 Å². The Balaban J connectivity index is 1.81. The van der Waals surface area contributed by atoms with E-state index in [0.29, 0.717) is 15.9 Å². The first-order chi connectivity index (χ1) is 15.7. The number of carbonyl (C=O) groups is 1. The molecule has 1 amide bonds. The van der Waals surface area contributed by atoms with Gasteiger partial charge in [0.25, 0.3) is 5.91 Å². The second-order valence-corrected chi connectivity index (χ2v) is 9.66. The van der Waals surface area contributed by atoms with Crippen molar-refractivity contribution in [3.8, 4) is 17.1 Å². The maximum atomic E-state index is 13.2. The van der Waals surface area contributed by atoms with E-state index in [1.807, 2.05) is 55.5 Å². The summed E-state index contributed by atoms with van der Waals surface area (Å²) in [5.74, 6) is 0.357. The number of benzene rings is 3. The highest BCUT2D eigenvalue weighted by molar-refractivity contribution is 9.10. The van der Waals surface area contributed by atoms with E-state index in [2.05, 4.69) is 45.2 Å². The van der Waals surface area contributed by atoms with Crippen molar-refractivity contribution < 1.29 is 4.79 Å². The van der Waals surface area contributed by atoms with Crippen LogP contribution in [0.3, 0.4) is 0 Å². The third kappa shape index (κ3) is 4.98. The predicted octanol–water partition coefficient (Wildman–Crippen LogP) is 7.69. The molecule has 0 aliphatic heterocycles. The molecule has 0 spiro atoms. The zero-order valence-corrected chi connectivity index (χ0v) is 21.3. The summed E-state index contributed by atoms with van der Waals surface area (Å²) in [6.07, 6.45) is 0. The summed E-state index contributed by atoms with van der Waals surface area (Å²) >= 11 is 16.1. The van der Waals surface area contributed by atoms with Gasteiger partial charge in [-0.15, -0.1) is 5.10 Å². The molecular weight excluding hydrogens is 523 g/mol. The van der Waals surface area contributed by atoms with Crippen LogP contribution in [-0.4, -0.2) is 20.7 Å². The molecule has 0 bridgehead atoms. The first kappa shape index (κ1) is 23.5. The van der Waals surface area contributed by atoms with Crippen LogP contribution in [0.15, 0.2) is 65.1 Å². The lowest BCUT2D eigenvalue weighted by Crippen LogP contribution is -2.16. The van der Waals surface area contributed by atoms with E-state index in [1.165, 1.54) is 0 Å². The first-order valence-corrected chi connectivity index (χ1v) is 11.9. The van der Waals surface area contributed by atoms with Crippen molar-refractivity contribution in [1.82, 2.24) is 14.8 Å². The molecule has 1 heterocycles. The number of rotatable bonds is 5. The summed E-state index contributed by atoms with van der Waals surface area (Å²) in [6, 6.07) is 18.6. The van der Waals surface area contributed by atoms with Crippen LogP contribution >= 0.6 is 39.1 Å². The van der Waals surface area contributed by atoms with Crippen molar-refractivity contribution in [2.75, 3.05) is 5.32 Å². The van der Waals surface area contributed by atoms with Gasteiger partial charge in [0.15, 0.2) is 5.82 Å². The fraction of sp³-hybridized carbons (Fsp3) is 0.160. The van der Waals surface area contributed by atoms with Gasteiger partial charge in [-0.25, -0.2) is 9.67 Å². The van der Waals surface area contributed by atoms with Gasteiger partial charge in [0.1, 0.15) is 0 Å². The molecule has 0 saturated heterocycles. The number of nitrogens with zero attached hydrogens (tertiary/aromatic N) is 3. The predicted molar refractivity (Wildman–Crippen MR) is 138 cm³/mol. The molecule has 0 unspecified atom stereocenters. The first-order valence-electron chi connectivity index (χ1n) is 10.3. The van der Waals surface area contributed by atoms with E-state index in [0.717, 1.165) is 32.5 Å². The van der Waals surface area contributed by atoms with Crippen LogP contribution in [-0.2, 0) is 0 Å². The summed E-state index contributed by atoms with van der Waals surface area (Å²) in [4.78, 5) is 17.8. The van der Waals surface area contributed by atoms with Gasteiger partial charge in [-0.2, -0.15) is 0 Å². The monoisotopic (exact) mass is 542 g/mol. The van der Waals surface area contributed by atoms with Crippen LogP contribution in [0.5, 0.6) is 0 Å². The molecule has 0 saturated carbocycles. The standard InChI is InChI=1S/C25H21BrCl2N4O/c1-14(2)19-13-17(26)10-11-21(19)29-25(33)23-30-24(16-6-4-7-18(27)12-16)32(31-23)22-9-5-8-20(28)15(22)3/h4-14H,1-3H3,(H,29,33). The normalized spacial score (nSPS) is 11.1. The Kier molecular flexibility index (Phi) is 6.88. The van der Waals surface area contributed by atoms with E-state index in [-0.39, 0.29) is 11.7 Å². The van der Waals surface area contributed by atoms with Gasteiger partial charge in [0.05, 0.1) is 5.69 Å². The van der Waals surface area contributed by atoms with Gasteiger partial charge >= 0.3 is 0 Å². The Morgan fingerprint density at radius 2 is 1.82 bits per heavy atom. The molecular formula is C25H21BrCl2N4O. The Hall–Kier alpha value is -2.67. The molecule has 8 heteroatoms. The minimum absolute atomic E-state index is 0.0435. The maximum absolute atomic E-state index is 13.2. The fourth-order valence-corrected chi connectivity index (χ4v) is 4.26. The third-order valence-corrected chi connectivity index (χ3v) is 6.38. The minimum atomic E-state index is -0.402. The molecule has 5 nitrogen and oxygen atoms in total. The van der Waals surface area contributed by atoms with Crippen molar-refractivity contribution in [1.29, 1.82) is 0 Å². The molecule has 33 heavy (non-hydrogen) atoms. The van der Waals surface area contributed by atoms with Crippen LogP contribution < -0.4 is 5.32 Å². The highest BCUT2D eigenvalue weighted by Crippen LogP contribution is 2.30. The van der Waals surface area contributed by atoms with E-state index in [4.69, 9.17) is 23.2 Å². The highest BCUT2D eigenvalue weighted by atomic mass is 79.9. The fourth-order valence-electron chi connectivity index (χ4n) is 3.52. The number of hydrogen-bond acceptors (Lipinski definition) is 3. The number of aromatic nitrogens is 3. The molecule has 0 aliphatic rings. The Morgan fingerprint density at radius 1 is 1.06 bits per heavy atom. The van der Waals surface area contributed by atoms with Gasteiger partial charge in [0.2, 0.25) is 5.82 Å². The summed E-state index contributed by atoms with van der Waals surface area (Å²) in [5.41, 5.74) is 4.03. The Morgan fingerprint density at radius 3 is 2.55 bits per heavy atom. The zero-order valence-electron chi connectivity index (χ0n) is 18.2. The average Bonchev–Trinajstić information content (AvgIpc) is 3.22. The maximum Gasteiger partial charge on any atom is 0.295 e. The SMILES string of the molecule is Cc1c(Cl)cccc1-n1nc(C(=O)Nc2ccc(Br)cc2C(C)C)nc1-c1cccc(Cl)c1. The Labute approximate surface area is 210 Å². The molecule has 0 atom stereocenters. The molecule has 0 aliphatic carbocycles. The van der Waals surface area contributed by atoms with E-state index >= 15 is 0 Å². The lowest BCUT2D eigenvalue weighted by molar-refractivity contribution is 0.101. The number of amides is 1. The molecule has 4 aromatic rings. The molecule has 1 N–H and O–H groups in total. The largest absolute Gasteiger partial charge is 0.319 e. The molecule has 168 valence electrons. The van der Waals surface area contributed by atoms with Crippen molar-refractivity contribution in [2.24, 2.45) is 0 Å². The zero-order chi connectivity index (χ0) is 23.7. The van der Waals surface area contributed by atoms with Crippen LogP contribution in [0, 0.1) is 6.92 Å². The third-order valence-electron chi connectivity index (χ3n) is 5.24. The van der Waals surface area contributed by atoms with Crippen LogP contribution in [0.4, 0.5) is 5.69 Å². The van der Waals surface area contributed by atoms with Crippen molar-refractivity contribution in [2.45, 2.75) is 26.7 Å². The summed E-state index contributed by atoms with van der Waals surface area (Å²) in [6.45, 7) is 6.05. The number of carbonyl (C=O) groups excluding carboxylic acids is 1. The van der Waals surface area contributed by atoms with E-state index < -0.39 is 5.91 Å². The minimum Gasteiger partial charge on any atom is -0.319 e. The summed E-state index contributed by atoms with van der Waals surface area (Å²) < 4.78 is 2.58. The second-order valence-electron chi connectivity index (χ2n) is 7.91. The molecule has 4 rings (SSSR count). The quantitative estimate of drug-likeness (QED) is 0.280. The number of nitrogens with one attached hydrogen (secondary N) is 1. The second kappa shape index (κ2) is 9.67. The van der Waals surface area contributed by atoms with Crippen molar-refractivity contribution in [3.05, 3.63) is 92.1 Å². The highest BCUT2D eigenvalue weighted by Gasteiger charge is 2.21. The molecule has 0 radical (unpaired) electrons. The molecule has 0 fully saturated rings. The van der Waals surface area contributed by atoms with E-state index in [1.54, 1.807) is 16.8 Å². The lowest BCUT2D eigenvalue weighted by atomic mass is 10.0. The van der Waals surface area contributed by atoms with Gasteiger partial charge in [-0.05, 0) is 66.4 Å². The number of anilines is 1. The van der Waals surface area contributed by atoms with Crippen LogP contribution in [0.1, 0.15) is 41.5 Å². The molecule has 3 aromatic carbocycles. The Bertz CT molecular complexity index is 1350. The van der Waals surface area contributed by atoms with Gasteiger partial charge in [-0.3, -0.25) is 4.79 Å². The summed E-state index contributed by atoms with van der Waals surface area (Å²) in [5, 5.41) is 8.69. The van der Waals surface area contributed by atoms with E-state index in [9.17, 15) is 4.79 Å². The number of hydrogen-bond donors (Lipinski definition) is 1. The van der Waals surface area contributed by atoms with Crippen molar-refractivity contribution >= 4 is 50.7 Å². The smallest absolute Gasteiger partial charge is 0.295 e. The molecule has 1 aromatic heterocycles. The van der Waals surface area contributed by atoms with Crippen LogP contribution in [0.2, 0.25) is 10.0 Å². The summed E-state index contributed by atoms with van der Waals surface area (Å²) in [7, 11) is 0. The lowest BCUT2D eigenvalue weighted by Gasteiger charge is -2.13. The number of halogens is 3. The van der Waals surface area contributed by atoms with Gasteiger partial charge in [0, 0.05) is 25.8 Å². The van der Waals surface area contributed by atoms with Gasteiger partial charge in [-0.1, -0.05) is 71.2 Å².